The van der Waals surface area contributed by atoms with Crippen LogP contribution in [0.15, 0.2) is 35.3 Å². The fourth-order valence-corrected chi connectivity index (χ4v) is 4.72. The van der Waals surface area contributed by atoms with Crippen LogP contribution >= 0.6 is 34.0 Å². The van der Waals surface area contributed by atoms with Gasteiger partial charge in [-0.1, -0.05) is 6.07 Å². The van der Waals surface area contributed by atoms with Crippen LogP contribution in [-0.2, 0) is 6.54 Å². The van der Waals surface area contributed by atoms with E-state index in [0.717, 1.165) is 26.2 Å². The lowest BCUT2D eigenvalue weighted by atomic mass is 10.3. The minimum Gasteiger partial charge on any atom is -0.346 e. The first-order valence-electron chi connectivity index (χ1n) is 6.91. The second kappa shape index (κ2) is 5.88. The van der Waals surface area contributed by atoms with Crippen molar-refractivity contribution >= 4 is 44.9 Å². The lowest BCUT2D eigenvalue weighted by Gasteiger charge is -2.01. The fourth-order valence-electron chi connectivity index (χ4n) is 2.23. The van der Waals surface area contributed by atoms with E-state index in [9.17, 15) is 4.79 Å². The maximum absolute atomic E-state index is 12.4. The lowest BCUT2D eigenvalue weighted by Crippen LogP contribution is -2.22. The summed E-state index contributed by atoms with van der Waals surface area (Å²) in [6, 6.07) is 4.00. The first-order chi connectivity index (χ1) is 11.2. The van der Waals surface area contributed by atoms with E-state index in [-0.39, 0.29) is 5.91 Å². The van der Waals surface area contributed by atoms with Gasteiger partial charge in [-0.2, -0.15) is 0 Å². The number of thiazole rings is 2. The van der Waals surface area contributed by atoms with Crippen molar-refractivity contribution in [1.29, 1.82) is 0 Å². The molecule has 0 bridgehead atoms. The zero-order valence-corrected chi connectivity index (χ0v) is 14.6. The molecule has 0 aliphatic rings. The van der Waals surface area contributed by atoms with Crippen molar-refractivity contribution in [3.63, 3.8) is 0 Å². The van der Waals surface area contributed by atoms with E-state index in [4.69, 9.17) is 0 Å². The van der Waals surface area contributed by atoms with Gasteiger partial charge in [0.15, 0.2) is 4.96 Å². The van der Waals surface area contributed by atoms with Crippen molar-refractivity contribution < 1.29 is 4.79 Å². The highest BCUT2D eigenvalue weighted by Crippen LogP contribution is 2.31. The van der Waals surface area contributed by atoms with Gasteiger partial charge in [0.05, 0.1) is 22.8 Å². The Morgan fingerprint density at radius 2 is 2.22 bits per heavy atom. The number of aromatic nitrogens is 3. The van der Waals surface area contributed by atoms with Crippen LogP contribution in [0.3, 0.4) is 0 Å². The number of nitrogens with one attached hydrogen (secondary N) is 1. The van der Waals surface area contributed by atoms with Crippen LogP contribution in [0.5, 0.6) is 0 Å². The topological polar surface area (TPSA) is 59.3 Å². The number of carbonyl (C=O) groups excluding carboxylic acids is 1. The molecule has 0 aliphatic heterocycles. The Morgan fingerprint density at radius 1 is 1.30 bits per heavy atom. The first kappa shape index (κ1) is 14.6. The van der Waals surface area contributed by atoms with Gasteiger partial charge in [-0.3, -0.25) is 9.20 Å². The molecule has 0 aliphatic carbocycles. The smallest absolute Gasteiger partial charge is 0.263 e. The minimum absolute atomic E-state index is 0.0980. The molecule has 23 heavy (non-hydrogen) atoms. The predicted octanol–water partition coefficient (Wildman–Crippen LogP) is 3.82. The van der Waals surface area contributed by atoms with Gasteiger partial charge in [0.2, 0.25) is 0 Å². The number of fused-ring (bicyclic) bond motifs is 1. The van der Waals surface area contributed by atoms with Crippen molar-refractivity contribution in [3.8, 4) is 9.88 Å². The molecule has 4 aromatic rings. The van der Waals surface area contributed by atoms with E-state index in [0.29, 0.717) is 11.4 Å². The van der Waals surface area contributed by atoms with E-state index in [1.54, 1.807) is 22.7 Å². The number of rotatable bonds is 4. The average Bonchev–Trinajstić information content (AvgIpc) is 3.27. The Balaban J connectivity index is 1.49. The third-order valence-corrected chi connectivity index (χ3v) is 6.27. The quantitative estimate of drug-likeness (QED) is 0.602. The van der Waals surface area contributed by atoms with Crippen LogP contribution in [0.1, 0.15) is 21.1 Å². The molecule has 5 nitrogen and oxygen atoms in total. The molecule has 4 heterocycles. The van der Waals surface area contributed by atoms with Gasteiger partial charge in [0.25, 0.3) is 5.91 Å². The van der Waals surface area contributed by atoms with Gasteiger partial charge in [0.1, 0.15) is 9.88 Å². The van der Waals surface area contributed by atoms with Crippen molar-refractivity contribution in [2.75, 3.05) is 0 Å². The van der Waals surface area contributed by atoms with Crippen LogP contribution in [-0.4, -0.2) is 20.3 Å². The molecule has 1 N–H and O–H groups in total. The van der Waals surface area contributed by atoms with Crippen molar-refractivity contribution in [3.05, 3.63) is 51.6 Å². The summed E-state index contributed by atoms with van der Waals surface area (Å²) in [7, 11) is 0. The molecule has 8 heteroatoms. The molecule has 1 amide bonds. The van der Waals surface area contributed by atoms with E-state index in [1.807, 2.05) is 46.6 Å². The van der Waals surface area contributed by atoms with Crippen LogP contribution < -0.4 is 5.32 Å². The summed E-state index contributed by atoms with van der Waals surface area (Å²) in [5.74, 6) is -0.0980. The van der Waals surface area contributed by atoms with Gasteiger partial charge in [-0.15, -0.1) is 34.0 Å². The lowest BCUT2D eigenvalue weighted by molar-refractivity contribution is 0.0953. The predicted molar refractivity (Wildman–Crippen MR) is 94.4 cm³/mol. The zero-order valence-electron chi connectivity index (χ0n) is 12.1. The highest BCUT2D eigenvalue weighted by atomic mass is 32.1. The van der Waals surface area contributed by atoms with E-state index in [1.165, 1.54) is 11.3 Å². The van der Waals surface area contributed by atoms with Crippen LogP contribution in [0.4, 0.5) is 0 Å². The van der Waals surface area contributed by atoms with Gasteiger partial charge >= 0.3 is 0 Å². The molecule has 0 radical (unpaired) electrons. The summed E-state index contributed by atoms with van der Waals surface area (Å²) in [5.41, 5.74) is 1.62. The number of imidazole rings is 1. The number of amides is 1. The Morgan fingerprint density at radius 3 is 3.00 bits per heavy atom. The highest BCUT2D eigenvalue weighted by molar-refractivity contribution is 7.22. The second-order valence-corrected chi connectivity index (χ2v) is 7.74. The van der Waals surface area contributed by atoms with Crippen LogP contribution in [0.2, 0.25) is 0 Å². The maximum Gasteiger partial charge on any atom is 0.263 e. The number of aryl methyl sites for hydroxylation is 1. The fraction of sp³-hybridized carbons (Fsp3) is 0.133. The number of hydrogen-bond acceptors (Lipinski definition) is 6. The Labute approximate surface area is 144 Å². The van der Waals surface area contributed by atoms with Crippen LogP contribution in [0.25, 0.3) is 14.8 Å². The van der Waals surface area contributed by atoms with Gasteiger partial charge in [-0.05, 0) is 18.4 Å². The highest BCUT2D eigenvalue weighted by Gasteiger charge is 2.16. The molecule has 116 valence electrons. The molecule has 0 atom stereocenters. The second-order valence-electron chi connectivity index (χ2n) is 4.92. The molecule has 4 aromatic heterocycles. The van der Waals surface area contributed by atoms with Gasteiger partial charge in [0, 0.05) is 17.8 Å². The Kier molecular flexibility index (Phi) is 3.72. The van der Waals surface area contributed by atoms with Crippen molar-refractivity contribution in [2.24, 2.45) is 0 Å². The number of thiophene rings is 1. The van der Waals surface area contributed by atoms with E-state index >= 15 is 0 Å². The summed E-state index contributed by atoms with van der Waals surface area (Å²) in [6.45, 7) is 2.29. The normalized spacial score (nSPS) is 11.2. The molecule has 0 saturated heterocycles. The largest absolute Gasteiger partial charge is 0.346 e. The summed E-state index contributed by atoms with van der Waals surface area (Å²) in [6.07, 6.45) is 3.89. The van der Waals surface area contributed by atoms with Gasteiger partial charge < -0.3 is 5.32 Å². The third-order valence-electron chi connectivity index (χ3n) is 3.31. The molecule has 0 fully saturated rings. The first-order valence-corrected chi connectivity index (χ1v) is 9.49. The number of hydrogen-bond donors (Lipinski definition) is 1. The average molecular weight is 360 g/mol. The molecular formula is C15H12N4OS3. The summed E-state index contributed by atoms with van der Waals surface area (Å²) in [4.78, 5) is 24.1. The molecule has 0 aromatic carbocycles. The van der Waals surface area contributed by atoms with Crippen molar-refractivity contribution in [2.45, 2.75) is 13.5 Å². The molecule has 0 unspecified atom stereocenters. The molecule has 0 spiro atoms. The summed E-state index contributed by atoms with van der Waals surface area (Å²) in [5, 5.41) is 7.82. The zero-order chi connectivity index (χ0) is 15.8. The monoisotopic (exact) mass is 360 g/mol. The summed E-state index contributed by atoms with van der Waals surface area (Å²) >= 11 is 4.63. The third kappa shape index (κ3) is 2.80. The SMILES string of the molecule is Cc1nc(-c2cccs2)sc1C(=O)NCc1cn2ccsc2n1. The molecule has 0 saturated carbocycles. The summed E-state index contributed by atoms with van der Waals surface area (Å²) < 4.78 is 1.96. The van der Waals surface area contributed by atoms with E-state index < -0.39 is 0 Å². The van der Waals surface area contributed by atoms with Crippen LogP contribution in [0, 0.1) is 6.92 Å². The maximum atomic E-state index is 12.4. The molecular weight excluding hydrogens is 348 g/mol. The standard InChI is InChI=1S/C15H12N4OS3/c1-9-12(23-14(17-9)11-3-2-5-21-11)13(20)16-7-10-8-19-4-6-22-15(19)18-10/h2-6,8H,7H2,1H3,(H,16,20). The van der Waals surface area contributed by atoms with Crippen molar-refractivity contribution in [1.82, 2.24) is 19.7 Å². The minimum atomic E-state index is -0.0980. The van der Waals surface area contributed by atoms with Gasteiger partial charge in [-0.25, -0.2) is 9.97 Å². The van der Waals surface area contributed by atoms with E-state index in [2.05, 4.69) is 15.3 Å². The Bertz CT molecular complexity index is 936. The Hall–Kier alpha value is -2.03. The number of carbonyl (C=O) groups is 1. The molecule has 4 rings (SSSR count). The number of nitrogens with zero attached hydrogens (tertiary/aromatic N) is 3.